The first-order valence-corrected chi connectivity index (χ1v) is 5.42. The molecule has 2 aromatic rings. The molecule has 0 aliphatic carbocycles. The highest BCUT2D eigenvalue weighted by molar-refractivity contribution is 5.51. The van der Waals surface area contributed by atoms with Crippen molar-refractivity contribution in [2.45, 2.75) is 26.5 Å². The molecule has 0 amide bonds. The van der Waals surface area contributed by atoms with E-state index in [-0.39, 0.29) is 6.04 Å². The quantitative estimate of drug-likeness (QED) is 0.808. The van der Waals surface area contributed by atoms with Gasteiger partial charge in [0.2, 0.25) is 0 Å². The van der Waals surface area contributed by atoms with Gasteiger partial charge in [0.25, 0.3) is 0 Å². The summed E-state index contributed by atoms with van der Waals surface area (Å²) in [7, 11) is 0. The first-order valence-electron chi connectivity index (χ1n) is 5.42. The molecule has 2 rings (SSSR count). The van der Waals surface area contributed by atoms with Gasteiger partial charge in [-0.1, -0.05) is 12.1 Å². The summed E-state index contributed by atoms with van der Waals surface area (Å²) in [6.45, 7) is 4.33. The lowest BCUT2D eigenvalue weighted by Gasteiger charge is -2.10. The summed E-state index contributed by atoms with van der Waals surface area (Å²) >= 11 is 0. The number of ether oxygens (including phenoxy) is 1. The molecule has 0 saturated heterocycles. The summed E-state index contributed by atoms with van der Waals surface area (Å²) in [4.78, 5) is 0. The summed E-state index contributed by atoms with van der Waals surface area (Å²) in [6, 6.07) is 7.55. The Balaban J connectivity index is 2.08. The summed E-state index contributed by atoms with van der Waals surface area (Å²) in [6.07, 6.45) is 0. The number of hydrogen-bond donors (Lipinski definition) is 1. The average molecular weight is 233 g/mol. The number of anilines is 1. The van der Waals surface area contributed by atoms with Crippen LogP contribution in [0.1, 0.15) is 25.7 Å². The molecule has 6 nitrogen and oxygen atoms in total. The van der Waals surface area contributed by atoms with Crippen molar-refractivity contribution in [2.75, 3.05) is 5.73 Å². The van der Waals surface area contributed by atoms with Gasteiger partial charge >= 0.3 is 0 Å². The van der Waals surface area contributed by atoms with Crippen LogP contribution in [0.3, 0.4) is 0 Å². The van der Waals surface area contributed by atoms with Gasteiger partial charge < -0.3 is 10.5 Å². The van der Waals surface area contributed by atoms with Crippen molar-refractivity contribution in [3.05, 3.63) is 30.1 Å². The van der Waals surface area contributed by atoms with Gasteiger partial charge in [-0.2, -0.15) is 0 Å². The van der Waals surface area contributed by atoms with Crippen LogP contribution in [0.15, 0.2) is 24.3 Å². The topological polar surface area (TPSA) is 78.8 Å². The van der Waals surface area contributed by atoms with Gasteiger partial charge in [-0.15, -0.1) is 5.10 Å². The zero-order chi connectivity index (χ0) is 12.3. The highest BCUT2D eigenvalue weighted by atomic mass is 16.5. The Morgan fingerprint density at radius 3 is 2.82 bits per heavy atom. The van der Waals surface area contributed by atoms with Crippen LogP contribution in [-0.2, 0) is 6.61 Å². The molecule has 1 aromatic carbocycles. The number of nitrogens with zero attached hydrogens (tertiary/aromatic N) is 4. The van der Waals surface area contributed by atoms with Crippen molar-refractivity contribution in [3.8, 4) is 5.75 Å². The van der Waals surface area contributed by atoms with E-state index >= 15 is 0 Å². The van der Waals surface area contributed by atoms with Gasteiger partial charge in [0.1, 0.15) is 12.4 Å². The van der Waals surface area contributed by atoms with Crippen LogP contribution < -0.4 is 10.5 Å². The fraction of sp³-hybridized carbons (Fsp3) is 0.364. The standard InChI is InChI=1S/C11H15N5O/c1-8(2)16-11(13-14-15-16)7-17-10-6-4-3-5-9(10)12/h3-6,8H,7,12H2,1-2H3. The number of nitrogen functional groups attached to an aromatic ring is 1. The van der Waals surface area contributed by atoms with Gasteiger partial charge in [-0.3, -0.25) is 0 Å². The summed E-state index contributed by atoms with van der Waals surface area (Å²) in [5.74, 6) is 1.33. The monoisotopic (exact) mass is 233 g/mol. The Kier molecular flexibility index (Phi) is 3.22. The molecule has 0 spiro atoms. The molecule has 1 heterocycles. The molecular formula is C11H15N5O. The van der Waals surface area contributed by atoms with E-state index < -0.39 is 0 Å². The van der Waals surface area contributed by atoms with Crippen LogP contribution in [0.5, 0.6) is 5.75 Å². The fourth-order valence-corrected chi connectivity index (χ4v) is 1.46. The number of tetrazole rings is 1. The zero-order valence-corrected chi connectivity index (χ0v) is 9.87. The van der Waals surface area contributed by atoms with E-state index in [2.05, 4.69) is 15.5 Å². The second-order valence-corrected chi connectivity index (χ2v) is 3.96. The molecule has 6 heteroatoms. The number of benzene rings is 1. The third-order valence-electron chi connectivity index (χ3n) is 2.33. The molecule has 0 atom stereocenters. The molecule has 0 aliphatic rings. The summed E-state index contributed by atoms with van der Waals surface area (Å²) in [5.41, 5.74) is 6.38. The predicted molar refractivity (Wildman–Crippen MR) is 63.4 cm³/mol. The third-order valence-corrected chi connectivity index (χ3v) is 2.33. The summed E-state index contributed by atoms with van der Waals surface area (Å²) < 4.78 is 7.31. The minimum atomic E-state index is 0.205. The molecule has 90 valence electrons. The van der Waals surface area contributed by atoms with E-state index in [0.29, 0.717) is 23.9 Å². The number of rotatable bonds is 4. The number of nitrogens with two attached hydrogens (primary N) is 1. The Hall–Kier alpha value is -2.11. The van der Waals surface area contributed by atoms with Crippen LogP contribution in [0.2, 0.25) is 0 Å². The average Bonchev–Trinajstić information content (AvgIpc) is 2.76. The van der Waals surface area contributed by atoms with Gasteiger partial charge in [0.15, 0.2) is 5.82 Å². The normalized spacial score (nSPS) is 10.8. The van der Waals surface area contributed by atoms with E-state index in [4.69, 9.17) is 10.5 Å². The number of aromatic nitrogens is 4. The molecule has 17 heavy (non-hydrogen) atoms. The Morgan fingerprint density at radius 2 is 2.12 bits per heavy atom. The zero-order valence-electron chi connectivity index (χ0n) is 9.87. The van der Waals surface area contributed by atoms with E-state index in [1.54, 1.807) is 10.7 Å². The van der Waals surface area contributed by atoms with Crippen molar-refractivity contribution in [1.82, 2.24) is 20.2 Å². The SMILES string of the molecule is CC(C)n1nnnc1COc1ccccc1N. The van der Waals surface area contributed by atoms with Crippen molar-refractivity contribution in [2.24, 2.45) is 0 Å². The molecule has 0 saturated carbocycles. The van der Waals surface area contributed by atoms with Gasteiger partial charge in [-0.05, 0) is 36.4 Å². The fourth-order valence-electron chi connectivity index (χ4n) is 1.46. The second-order valence-electron chi connectivity index (χ2n) is 3.96. The maximum Gasteiger partial charge on any atom is 0.189 e. The van der Waals surface area contributed by atoms with Crippen molar-refractivity contribution >= 4 is 5.69 Å². The molecule has 0 bridgehead atoms. The van der Waals surface area contributed by atoms with Crippen LogP contribution in [-0.4, -0.2) is 20.2 Å². The first kappa shape index (κ1) is 11.4. The largest absolute Gasteiger partial charge is 0.483 e. The van der Waals surface area contributed by atoms with Crippen molar-refractivity contribution in [3.63, 3.8) is 0 Å². The lowest BCUT2D eigenvalue weighted by molar-refractivity contribution is 0.284. The third kappa shape index (κ3) is 2.52. The lowest BCUT2D eigenvalue weighted by atomic mass is 10.3. The number of para-hydroxylation sites is 2. The molecule has 0 aliphatic heterocycles. The van der Waals surface area contributed by atoms with Gasteiger partial charge in [-0.25, -0.2) is 4.68 Å². The Morgan fingerprint density at radius 1 is 1.35 bits per heavy atom. The van der Waals surface area contributed by atoms with Crippen molar-refractivity contribution in [1.29, 1.82) is 0 Å². The van der Waals surface area contributed by atoms with Gasteiger partial charge in [0.05, 0.1) is 11.7 Å². The molecule has 0 unspecified atom stereocenters. The van der Waals surface area contributed by atoms with E-state index in [1.165, 1.54) is 0 Å². The molecule has 0 fully saturated rings. The highest BCUT2D eigenvalue weighted by Crippen LogP contribution is 2.20. The Labute approximate surface area is 99.4 Å². The maximum absolute atomic E-state index is 5.77. The van der Waals surface area contributed by atoms with Crippen LogP contribution in [0, 0.1) is 0 Å². The summed E-state index contributed by atoms with van der Waals surface area (Å²) in [5, 5.41) is 11.4. The van der Waals surface area contributed by atoms with Crippen LogP contribution >= 0.6 is 0 Å². The minimum absolute atomic E-state index is 0.205. The van der Waals surface area contributed by atoms with Crippen molar-refractivity contribution < 1.29 is 4.74 Å². The molecule has 1 aromatic heterocycles. The highest BCUT2D eigenvalue weighted by Gasteiger charge is 2.10. The van der Waals surface area contributed by atoms with E-state index in [0.717, 1.165) is 0 Å². The first-order chi connectivity index (χ1) is 8.18. The lowest BCUT2D eigenvalue weighted by Crippen LogP contribution is -2.11. The van der Waals surface area contributed by atoms with Crippen LogP contribution in [0.4, 0.5) is 5.69 Å². The Bertz CT molecular complexity index is 494. The van der Waals surface area contributed by atoms with Gasteiger partial charge in [0, 0.05) is 0 Å². The molecule has 0 radical (unpaired) electrons. The minimum Gasteiger partial charge on any atom is -0.483 e. The molecular weight excluding hydrogens is 218 g/mol. The van der Waals surface area contributed by atoms with Crippen LogP contribution in [0.25, 0.3) is 0 Å². The predicted octanol–water partition coefficient (Wildman–Crippen LogP) is 1.42. The smallest absolute Gasteiger partial charge is 0.189 e. The second kappa shape index (κ2) is 4.82. The number of hydrogen-bond acceptors (Lipinski definition) is 5. The van der Waals surface area contributed by atoms with E-state index in [9.17, 15) is 0 Å². The maximum atomic E-state index is 5.77. The molecule has 2 N–H and O–H groups in total. The van der Waals surface area contributed by atoms with E-state index in [1.807, 2.05) is 32.0 Å².